The summed E-state index contributed by atoms with van der Waals surface area (Å²) in [5.41, 5.74) is 3.94. The fraction of sp³-hybridized carbons (Fsp3) is 0.130. The maximum absolute atomic E-state index is 13.2. The van der Waals surface area contributed by atoms with E-state index < -0.39 is 0 Å². The topological polar surface area (TPSA) is 41.9 Å². The highest BCUT2D eigenvalue weighted by Crippen LogP contribution is 2.34. The average molecular weight is 374 g/mol. The zero-order valence-electron chi connectivity index (χ0n) is 15.4. The van der Waals surface area contributed by atoms with Crippen molar-refractivity contribution in [3.8, 4) is 5.75 Å². The standard InChI is InChI=1S/C23H19FN2O2/c1-28-19-12-8-17(9-13-19)21-14-23(27)26(15-16-6-10-18(24)11-7-16)22-5-3-2-4-20(22)25-21/h2-13H,14-15H2,1H3. The van der Waals surface area contributed by atoms with E-state index in [1.165, 1.54) is 12.1 Å². The van der Waals surface area contributed by atoms with Gasteiger partial charge >= 0.3 is 0 Å². The van der Waals surface area contributed by atoms with Gasteiger partial charge in [-0.25, -0.2) is 4.39 Å². The summed E-state index contributed by atoms with van der Waals surface area (Å²) in [5.74, 6) is 0.406. The van der Waals surface area contributed by atoms with Gasteiger partial charge in [0.25, 0.3) is 0 Å². The second-order valence-corrected chi connectivity index (χ2v) is 6.56. The van der Waals surface area contributed by atoms with Crippen molar-refractivity contribution in [2.24, 2.45) is 4.99 Å². The maximum atomic E-state index is 13.2. The van der Waals surface area contributed by atoms with Crippen LogP contribution in [-0.2, 0) is 11.3 Å². The molecule has 4 nitrogen and oxygen atoms in total. The number of hydrogen-bond donors (Lipinski definition) is 0. The molecule has 5 heteroatoms. The summed E-state index contributed by atoms with van der Waals surface area (Å²) in [4.78, 5) is 19.6. The molecule has 0 saturated heterocycles. The van der Waals surface area contributed by atoms with E-state index in [9.17, 15) is 9.18 Å². The summed E-state index contributed by atoms with van der Waals surface area (Å²) in [6.07, 6.45) is 0.183. The monoisotopic (exact) mass is 374 g/mol. The van der Waals surface area contributed by atoms with Crippen molar-refractivity contribution in [3.63, 3.8) is 0 Å². The van der Waals surface area contributed by atoms with Crippen LogP contribution in [0.1, 0.15) is 17.5 Å². The van der Waals surface area contributed by atoms with Crippen LogP contribution >= 0.6 is 0 Å². The van der Waals surface area contributed by atoms with Crippen LogP contribution in [0.15, 0.2) is 77.8 Å². The Morgan fingerprint density at radius 2 is 1.71 bits per heavy atom. The number of anilines is 1. The van der Waals surface area contributed by atoms with Crippen LogP contribution in [0, 0.1) is 5.82 Å². The van der Waals surface area contributed by atoms with Gasteiger partial charge in [0.1, 0.15) is 11.6 Å². The molecule has 0 radical (unpaired) electrons. The van der Waals surface area contributed by atoms with Crippen molar-refractivity contribution in [1.82, 2.24) is 0 Å². The molecule has 3 aromatic rings. The van der Waals surface area contributed by atoms with Gasteiger partial charge in [0, 0.05) is 0 Å². The third-order valence-electron chi connectivity index (χ3n) is 4.72. The molecule has 1 aliphatic rings. The zero-order valence-corrected chi connectivity index (χ0v) is 15.4. The Morgan fingerprint density at radius 3 is 2.43 bits per heavy atom. The molecule has 0 bridgehead atoms. The fourth-order valence-corrected chi connectivity index (χ4v) is 3.24. The number of aliphatic imine (C=N–C) groups is 1. The highest BCUT2D eigenvalue weighted by atomic mass is 19.1. The van der Waals surface area contributed by atoms with Gasteiger partial charge in [0.15, 0.2) is 0 Å². The third-order valence-corrected chi connectivity index (χ3v) is 4.72. The molecular formula is C23H19FN2O2. The van der Waals surface area contributed by atoms with Gasteiger partial charge in [-0.3, -0.25) is 9.79 Å². The number of carbonyl (C=O) groups is 1. The van der Waals surface area contributed by atoms with Crippen LogP contribution in [0.2, 0.25) is 0 Å². The molecule has 0 N–H and O–H groups in total. The molecule has 0 fully saturated rings. The van der Waals surface area contributed by atoms with Crippen molar-refractivity contribution >= 4 is 23.0 Å². The molecule has 1 aliphatic heterocycles. The van der Waals surface area contributed by atoms with Crippen LogP contribution in [0.5, 0.6) is 5.75 Å². The van der Waals surface area contributed by atoms with E-state index in [2.05, 4.69) is 0 Å². The first-order valence-corrected chi connectivity index (χ1v) is 9.00. The molecule has 0 aromatic heterocycles. The highest BCUT2D eigenvalue weighted by Gasteiger charge is 2.25. The fourth-order valence-electron chi connectivity index (χ4n) is 3.24. The number of nitrogens with zero attached hydrogens (tertiary/aromatic N) is 2. The number of halogens is 1. The Bertz CT molecular complexity index is 1030. The Hall–Kier alpha value is -3.47. The number of fused-ring (bicyclic) bond motifs is 1. The predicted molar refractivity (Wildman–Crippen MR) is 108 cm³/mol. The summed E-state index contributed by atoms with van der Waals surface area (Å²) in [5, 5.41) is 0. The first-order chi connectivity index (χ1) is 13.6. The van der Waals surface area contributed by atoms with E-state index in [0.29, 0.717) is 12.3 Å². The normalized spacial score (nSPS) is 13.6. The van der Waals surface area contributed by atoms with Gasteiger partial charge in [0.05, 0.1) is 37.2 Å². The van der Waals surface area contributed by atoms with Gasteiger partial charge in [-0.2, -0.15) is 0 Å². The number of ether oxygens (including phenoxy) is 1. The minimum Gasteiger partial charge on any atom is -0.497 e. The molecule has 140 valence electrons. The number of amides is 1. The van der Waals surface area contributed by atoms with E-state index in [0.717, 1.165) is 28.3 Å². The van der Waals surface area contributed by atoms with Crippen LogP contribution in [0.3, 0.4) is 0 Å². The van der Waals surface area contributed by atoms with E-state index in [1.807, 2.05) is 48.5 Å². The molecule has 0 saturated carbocycles. The Kier molecular flexibility index (Phi) is 4.89. The molecular weight excluding hydrogens is 355 g/mol. The minimum atomic E-state index is -0.295. The molecule has 0 atom stereocenters. The molecule has 1 amide bonds. The lowest BCUT2D eigenvalue weighted by atomic mass is 10.1. The third kappa shape index (κ3) is 3.64. The lowest BCUT2D eigenvalue weighted by molar-refractivity contribution is -0.117. The smallest absolute Gasteiger partial charge is 0.233 e. The van der Waals surface area contributed by atoms with E-state index >= 15 is 0 Å². The predicted octanol–water partition coefficient (Wildman–Crippen LogP) is 4.89. The summed E-state index contributed by atoms with van der Waals surface area (Å²) >= 11 is 0. The summed E-state index contributed by atoms with van der Waals surface area (Å²) in [6.45, 7) is 0.363. The largest absolute Gasteiger partial charge is 0.497 e. The van der Waals surface area contributed by atoms with Crippen LogP contribution in [-0.4, -0.2) is 18.7 Å². The molecule has 0 aliphatic carbocycles. The van der Waals surface area contributed by atoms with E-state index in [-0.39, 0.29) is 18.1 Å². The lowest BCUT2D eigenvalue weighted by Crippen LogP contribution is -2.31. The Balaban J connectivity index is 1.70. The number of hydrogen-bond acceptors (Lipinski definition) is 3. The Morgan fingerprint density at radius 1 is 1.00 bits per heavy atom. The number of rotatable bonds is 4. The van der Waals surface area contributed by atoms with E-state index in [1.54, 1.807) is 24.1 Å². The molecule has 28 heavy (non-hydrogen) atoms. The SMILES string of the molecule is COc1ccc(C2=Nc3ccccc3N(Cc3ccc(F)cc3)C(=O)C2)cc1. The van der Waals surface area contributed by atoms with Crippen LogP contribution in [0.25, 0.3) is 0 Å². The highest BCUT2D eigenvalue weighted by molar-refractivity contribution is 6.17. The number of carbonyl (C=O) groups excluding carboxylic acids is 1. The quantitative estimate of drug-likeness (QED) is 0.652. The average Bonchev–Trinajstić information content (AvgIpc) is 2.86. The van der Waals surface area contributed by atoms with Gasteiger partial charge in [-0.1, -0.05) is 24.3 Å². The summed E-state index contributed by atoms with van der Waals surface area (Å²) < 4.78 is 18.4. The van der Waals surface area contributed by atoms with Crippen LogP contribution < -0.4 is 9.64 Å². The van der Waals surface area contributed by atoms with Gasteiger partial charge in [-0.15, -0.1) is 0 Å². The van der Waals surface area contributed by atoms with Crippen molar-refractivity contribution in [2.45, 2.75) is 13.0 Å². The summed E-state index contributed by atoms with van der Waals surface area (Å²) in [7, 11) is 1.62. The molecule has 0 spiro atoms. The zero-order chi connectivity index (χ0) is 19.5. The summed E-state index contributed by atoms with van der Waals surface area (Å²) in [6, 6.07) is 21.3. The second-order valence-electron chi connectivity index (χ2n) is 6.56. The van der Waals surface area contributed by atoms with Crippen molar-refractivity contribution in [3.05, 3.63) is 89.7 Å². The molecule has 3 aromatic carbocycles. The van der Waals surface area contributed by atoms with Gasteiger partial charge in [0.2, 0.25) is 5.91 Å². The minimum absolute atomic E-state index is 0.0520. The molecule has 4 rings (SSSR count). The number of para-hydroxylation sites is 2. The molecule has 0 unspecified atom stereocenters. The number of benzene rings is 3. The lowest BCUT2D eigenvalue weighted by Gasteiger charge is -2.22. The van der Waals surface area contributed by atoms with Crippen LogP contribution in [0.4, 0.5) is 15.8 Å². The first-order valence-electron chi connectivity index (χ1n) is 9.00. The number of methoxy groups -OCH3 is 1. The molecule has 1 heterocycles. The van der Waals surface area contributed by atoms with Gasteiger partial charge < -0.3 is 9.64 Å². The Labute approximate surface area is 162 Å². The van der Waals surface area contributed by atoms with Crippen molar-refractivity contribution in [1.29, 1.82) is 0 Å². The van der Waals surface area contributed by atoms with E-state index in [4.69, 9.17) is 9.73 Å². The van der Waals surface area contributed by atoms with Crippen molar-refractivity contribution in [2.75, 3.05) is 12.0 Å². The van der Waals surface area contributed by atoms with Gasteiger partial charge in [-0.05, 0) is 59.7 Å². The first kappa shape index (κ1) is 17.9. The van der Waals surface area contributed by atoms with Crippen molar-refractivity contribution < 1.29 is 13.9 Å². The maximum Gasteiger partial charge on any atom is 0.233 e. The second kappa shape index (κ2) is 7.64.